The molecule has 0 spiro atoms. The van der Waals surface area contributed by atoms with Gasteiger partial charge >= 0.3 is 5.97 Å². The summed E-state index contributed by atoms with van der Waals surface area (Å²) in [6.45, 7) is 9.04. The number of esters is 1. The van der Waals surface area contributed by atoms with Crippen LogP contribution in [0.15, 0.2) is 22.6 Å². The topological polar surface area (TPSA) is 143 Å². The zero-order valence-electron chi connectivity index (χ0n) is 24.4. The van der Waals surface area contributed by atoms with E-state index in [4.69, 9.17) is 13.9 Å². The van der Waals surface area contributed by atoms with E-state index in [0.29, 0.717) is 29.5 Å². The first-order valence-corrected chi connectivity index (χ1v) is 14.7. The number of unbranched alkanes of at least 4 members (excludes halogenated alkanes) is 1. The Morgan fingerprint density at radius 3 is 2.60 bits per heavy atom. The van der Waals surface area contributed by atoms with Gasteiger partial charge in [0.25, 0.3) is 0 Å². The number of oxazole rings is 1. The number of fused-ring (bicyclic) bond motifs is 2. The number of cyclic esters (lactones) is 1. The number of rotatable bonds is 5. The molecule has 9 heteroatoms. The van der Waals surface area contributed by atoms with Crippen LogP contribution in [-0.4, -0.2) is 56.0 Å². The first-order chi connectivity index (χ1) is 18.9. The maximum absolute atomic E-state index is 13.8. The number of carbonyl (C=O) groups is 2. The van der Waals surface area contributed by atoms with Gasteiger partial charge in [-0.2, -0.15) is 0 Å². The number of hydrogen-bond donors (Lipinski definition) is 3. The number of nitrogens with zero attached hydrogens (tertiary/aromatic N) is 1. The normalized spacial score (nSPS) is 33.9. The largest absolute Gasteiger partial charge is 0.457 e. The second-order valence-electron chi connectivity index (χ2n) is 12.5. The maximum Gasteiger partial charge on any atom is 0.309 e. The van der Waals surface area contributed by atoms with Gasteiger partial charge in [0.05, 0.1) is 35.7 Å². The summed E-state index contributed by atoms with van der Waals surface area (Å²) in [5.74, 6) is -1.36. The van der Waals surface area contributed by atoms with Gasteiger partial charge in [0, 0.05) is 12.3 Å². The molecule has 3 heterocycles. The summed E-state index contributed by atoms with van der Waals surface area (Å²) in [6, 6.07) is 5.31. The van der Waals surface area contributed by atoms with Crippen LogP contribution in [0.25, 0.3) is 11.1 Å². The predicted octanol–water partition coefficient (Wildman–Crippen LogP) is 4.79. The van der Waals surface area contributed by atoms with E-state index in [9.17, 15) is 24.9 Å². The quantitative estimate of drug-likeness (QED) is 0.348. The first-order valence-electron chi connectivity index (χ1n) is 14.7. The monoisotopic (exact) mass is 559 g/mol. The van der Waals surface area contributed by atoms with Gasteiger partial charge < -0.3 is 29.2 Å². The Morgan fingerprint density at radius 2 is 1.90 bits per heavy atom. The van der Waals surface area contributed by atoms with Crippen LogP contribution in [-0.2, 0) is 25.7 Å². The molecule has 4 rings (SSSR count). The van der Waals surface area contributed by atoms with Gasteiger partial charge in [0.2, 0.25) is 5.89 Å². The van der Waals surface area contributed by atoms with Gasteiger partial charge in [-0.25, -0.2) is 4.98 Å². The standard InChI is InChI=1S/C31H45NO8/c1-6-7-10-20-28(36)18(2)9-8-13-31(5)25(40-31)15-23(39-27(35)16-24(34)30(3,4)29(20)37)19-11-12-22-21(14-19)32-26(17-33)38-22/h11-12,14,18,20,23-25,28,33-34,36H,6-10,13,15-17H2,1-5H3/t18-,20+,23-,24-,25-,28-,31+/m0/s1. The zero-order chi connectivity index (χ0) is 29.2. The summed E-state index contributed by atoms with van der Waals surface area (Å²) >= 11 is 0. The fourth-order valence-electron chi connectivity index (χ4n) is 6.00. The molecule has 0 radical (unpaired) electrons. The highest BCUT2D eigenvalue weighted by atomic mass is 16.6. The number of aromatic nitrogens is 1. The van der Waals surface area contributed by atoms with Crippen molar-refractivity contribution in [2.45, 2.75) is 123 Å². The highest BCUT2D eigenvalue weighted by molar-refractivity contribution is 5.88. The predicted molar refractivity (Wildman–Crippen MR) is 148 cm³/mol. The van der Waals surface area contributed by atoms with Crippen molar-refractivity contribution in [3.63, 3.8) is 0 Å². The van der Waals surface area contributed by atoms with Gasteiger partial charge in [0.15, 0.2) is 5.58 Å². The van der Waals surface area contributed by atoms with Crippen LogP contribution in [0, 0.1) is 17.3 Å². The van der Waals surface area contributed by atoms with E-state index in [-0.39, 0.29) is 42.3 Å². The molecule has 2 saturated heterocycles. The molecule has 1 aromatic heterocycles. The third-order valence-electron chi connectivity index (χ3n) is 9.06. The van der Waals surface area contributed by atoms with E-state index < -0.39 is 35.6 Å². The molecular weight excluding hydrogens is 514 g/mol. The average molecular weight is 560 g/mol. The molecule has 0 bridgehead atoms. The lowest BCUT2D eigenvalue weighted by molar-refractivity contribution is -0.156. The molecular formula is C31H45NO8. The smallest absolute Gasteiger partial charge is 0.309 e. The Morgan fingerprint density at radius 1 is 1.15 bits per heavy atom. The molecule has 2 fully saturated rings. The van der Waals surface area contributed by atoms with Crippen molar-refractivity contribution in [2.75, 3.05) is 0 Å². The molecule has 0 amide bonds. The molecule has 2 aromatic rings. The molecule has 9 nitrogen and oxygen atoms in total. The van der Waals surface area contributed by atoms with Gasteiger partial charge in [-0.3, -0.25) is 9.59 Å². The second-order valence-corrected chi connectivity index (χ2v) is 12.5. The second kappa shape index (κ2) is 12.3. The van der Waals surface area contributed by atoms with Crippen LogP contribution < -0.4 is 0 Å². The molecule has 222 valence electrons. The highest BCUT2D eigenvalue weighted by Gasteiger charge is 2.53. The summed E-state index contributed by atoms with van der Waals surface area (Å²) in [7, 11) is 0. The minimum Gasteiger partial charge on any atom is -0.457 e. The number of benzene rings is 1. The number of aliphatic hydroxyl groups is 3. The number of Topliss-reactive ketones (excluding diaryl/α,β-unsaturated/α-hetero) is 1. The van der Waals surface area contributed by atoms with Crippen LogP contribution in [0.5, 0.6) is 0 Å². The summed E-state index contributed by atoms with van der Waals surface area (Å²) in [6.07, 6.45) is 1.76. The van der Waals surface area contributed by atoms with E-state index in [1.54, 1.807) is 32.0 Å². The van der Waals surface area contributed by atoms with Gasteiger partial charge in [-0.05, 0) is 49.8 Å². The molecule has 2 aliphatic heterocycles. The third kappa shape index (κ3) is 6.59. The van der Waals surface area contributed by atoms with Crippen molar-refractivity contribution in [3.8, 4) is 0 Å². The fourth-order valence-corrected chi connectivity index (χ4v) is 6.00. The average Bonchev–Trinajstić information content (AvgIpc) is 3.35. The SMILES string of the molecule is CCCC[C@H]1C(=O)C(C)(C)[C@@H](O)CC(=O)O[C@H](c2ccc3oc(CO)nc3c2)C[C@@H]2O[C@]2(C)CCC[C@H](C)[C@@H]1O. The Kier molecular flexibility index (Phi) is 9.39. The number of carbonyl (C=O) groups excluding carboxylic acids is 2. The zero-order valence-corrected chi connectivity index (χ0v) is 24.4. The molecule has 0 unspecified atom stereocenters. The minimum absolute atomic E-state index is 0.0943. The molecule has 2 aliphatic rings. The first kappa shape index (κ1) is 30.6. The fraction of sp³-hybridized carbons (Fsp3) is 0.710. The molecule has 0 saturated carbocycles. The molecule has 0 aliphatic carbocycles. The minimum atomic E-state index is -1.28. The molecule has 3 N–H and O–H groups in total. The van der Waals surface area contributed by atoms with Gasteiger partial charge in [0.1, 0.15) is 24.0 Å². The van der Waals surface area contributed by atoms with Gasteiger partial charge in [-0.15, -0.1) is 0 Å². The summed E-state index contributed by atoms with van der Waals surface area (Å²) in [5.41, 5.74) is 0.154. The summed E-state index contributed by atoms with van der Waals surface area (Å²) in [5, 5.41) is 31.8. The Hall–Kier alpha value is -2.33. The van der Waals surface area contributed by atoms with Crippen molar-refractivity contribution in [3.05, 3.63) is 29.7 Å². The Labute approximate surface area is 236 Å². The van der Waals surface area contributed by atoms with Crippen LogP contribution >= 0.6 is 0 Å². The Balaban J connectivity index is 1.62. The highest BCUT2D eigenvalue weighted by Crippen LogP contribution is 2.47. The number of epoxide rings is 1. The van der Waals surface area contributed by atoms with Crippen molar-refractivity contribution in [1.82, 2.24) is 4.98 Å². The number of aliphatic hydroxyl groups excluding tert-OH is 3. The van der Waals surface area contributed by atoms with Crippen LogP contribution in [0.3, 0.4) is 0 Å². The third-order valence-corrected chi connectivity index (χ3v) is 9.06. The van der Waals surface area contributed by atoms with Crippen molar-refractivity contribution in [2.24, 2.45) is 17.3 Å². The maximum atomic E-state index is 13.8. The lowest BCUT2D eigenvalue weighted by Gasteiger charge is -2.36. The number of ether oxygens (including phenoxy) is 2. The van der Waals surface area contributed by atoms with E-state index in [1.165, 1.54) is 0 Å². The molecule has 7 atom stereocenters. The number of ketones is 1. The van der Waals surface area contributed by atoms with E-state index in [0.717, 1.165) is 32.1 Å². The van der Waals surface area contributed by atoms with E-state index in [2.05, 4.69) is 11.9 Å². The van der Waals surface area contributed by atoms with Gasteiger partial charge in [-0.1, -0.05) is 53.0 Å². The van der Waals surface area contributed by atoms with E-state index >= 15 is 0 Å². The lowest BCUT2D eigenvalue weighted by Crippen LogP contribution is -2.46. The summed E-state index contributed by atoms with van der Waals surface area (Å²) < 4.78 is 17.6. The van der Waals surface area contributed by atoms with Crippen molar-refractivity contribution < 1.29 is 38.8 Å². The van der Waals surface area contributed by atoms with Crippen LogP contribution in [0.2, 0.25) is 0 Å². The number of hydrogen-bond acceptors (Lipinski definition) is 9. The summed E-state index contributed by atoms with van der Waals surface area (Å²) in [4.78, 5) is 31.2. The van der Waals surface area contributed by atoms with Crippen LogP contribution in [0.4, 0.5) is 0 Å². The Bertz CT molecular complexity index is 1190. The molecule has 1 aromatic carbocycles. The lowest BCUT2D eigenvalue weighted by atomic mass is 9.71. The molecule has 40 heavy (non-hydrogen) atoms. The van der Waals surface area contributed by atoms with Crippen molar-refractivity contribution in [1.29, 1.82) is 0 Å². The van der Waals surface area contributed by atoms with Crippen LogP contribution in [0.1, 0.15) is 104 Å². The van der Waals surface area contributed by atoms with E-state index in [1.807, 2.05) is 13.8 Å². The van der Waals surface area contributed by atoms with Crippen molar-refractivity contribution >= 4 is 22.9 Å².